The zero-order chi connectivity index (χ0) is 15.3. The molecule has 0 aliphatic rings. The number of aliphatic hydroxyl groups is 1. The van der Waals surface area contributed by atoms with E-state index in [0.717, 1.165) is 12.8 Å². The molecule has 1 aromatic rings. The first kappa shape index (κ1) is 16.9. The van der Waals surface area contributed by atoms with Gasteiger partial charge < -0.3 is 15.6 Å². The van der Waals surface area contributed by atoms with Crippen molar-refractivity contribution in [1.29, 1.82) is 0 Å². The average molecular weight is 283 g/mol. The first-order valence-corrected chi connectivity index (χ1v) is 7.16. The molecule has 1 aromatic carbocycles. The highest BCUT2D eigenvalue weighted by molar-refractivity contribution is 5.31. The molecule has 3 N–H and O–H groups in total. The number of halogens is 1. The Bertz CT molecular complexity index is 429. The van der Waals surface area contributed by atoms with Gasteiger partial charge in [-0.15, -0.1) is 0 Å². The van der Waals surface area contributed by atoms with E-state index in [0.29, 0.717) is 23.8 Å². The monoisotopic (exact) mass is 283 g/mol. The Hall–Kier alpha value is -1.13. The molecule has 0 fully saturated rings. The van der Waals surface area contributed by atoms with Gasteiger partial charge in [-0.05, 0) is 32.3 Å². The van der Waals surface area contributed by atoms with Gasteiger partial charge in [0.05, 0.1) is 18.2 Å². The molecule has 2 atom stereocenters. The maximum atomic E-state index is 14.0. The minimum Gasteiger partial charge on any atom is -0.493 e. The summed E-state index contributed by atoms with van der Waals surface area (Å²) in [6.45, 7) is 7.94. The zero-order valence-corrected chi connectivity index (χ0v) is 12.8. The molecule has 4 heteroatoms. The van der Waals surface area contributed by atoms with E-state index in [-0.39, 0.29) is 0 Å². The van der Waals surface area contributed by atoms with Crippen LogP contribution in [-0.2, 0) is 0 Å². The summed E-state index contributed by atoms with van der Waals surface area (Å²) in [7, 11) is 0. The SMILES string of the molecule is CCCC(C)COc1ccc(C(N)C(C)(C)O)c(F)c1. The molecular formula is C16H26FNO2. The minimum absolute atomic E-state index is 0.298. The lowest BCUT2D eigenvalue weighted by Crippen LogP contribution is -2.35. The third-order valence-electron chi connectivity index (χ3n) is 3.38. The summed E-state index contributed by atoms with van der Waals surface area (Å²) in [6.07, 6.45) is 2.20. The fourth-order valence-corrected chi connectivity index (χ4v) is 2.05. The maximum absolute atomic E-state index is 14.0. The average Bonchev–Trinajstić information content (AvgIpc) is 2.35. The number of nitrogens with two attached hydrogens (primary N) is 1. The summed E-state index contributed by atoms with van der Waals surface area (Å²) >= 11 is 0. The largest absolute Gasteiger partial charge is 0.493 e. The molecule has 3 nitrogen and oxygen atoms in total. The summed E-state index contributed by atoms with van der Waals surface area (Å²) in [4.78, 5) is 0. The molecule has 0 aliphatic carbocycles. The maximum Gasteiger partial charge on any atom is 0.131 e. The Balaban J connectivity index is 2.73. The van der Waals surface area contributed by atoms with Crippen molar-refractivity contribution in [3.8, 4) is 5.75 Å². The molecule has 0 aliphatic heterocycles. The van der Waals surface area contributed by atoms with Crippen LogP contribution < -0.4 is 10.5 Å². The van der Waals surface area contributed by atoms with E-state index in [1.54, 1.807) is 26.0 Å². The fraction of sp³-hybridized carbons (Fsp3) is 0.625. The highest BCUT2D eigenvalue weighted by atomic mass is 19.1. The van der Waals surface area contributed by atoms with E-state index >= 15 is 0 Å². The van der Waals surface area contributed by atoms with E-state index in [4.69, 9.17) is 10.5 Å². The first-order chi connectivity index (χ1) is 9.25. The van der Waals surface area contributed by atoms with Gasteiger partial charge in [0.15, 0.2) is 0 Å². The molecule has 0 heterocycles. The third kappa shape index (κ3) is 4.76. The van der Waals surface area contributed by atoms with Gasteiger partial charge in [-0.3, -0.25) is 0 Å². The highest BCUT2D eigenvalue weighted by Gasteiger charge is 2.27. The molecule has 0 aromatic heterocycles. The van der Waals surface area contributed by atoms with Crippen molar-refractivity contribution in [2.45, 2.75) is 52.2 Å². The first-order valence-electron chi connectivity index (χ1n) is 7.16. The van der Waals surface area contributed by atoms with Crippen molar-refractivity contribution < 1.29 is 14.2 Å². The molecule has 114 valence electrons. The van der Waals surface area contributed by atoms with Gasteiger partial charge in [0, 0.05) is 11.6 Å². The smallest absolute Gasteiger partial charge is 0.131 e. The van der Waals surface area contributed by atoms with Gasteiger partial charge in [0.1, 0.15) is 11.6 Å². The second-order valence-electron chi connectivity index (χ2n) is 6.02. The van der Waals surface area contributed by atoms with Crippen LogP contribution in [0.3, 0.4) is 0 Å². The van der Waals surface area contributed by atoms with Crippen LogP contribution in [0.25, 0.3) is 0 Å². The lowest BCUT2D eigenvalue weighted by atomic mass is 9.92. The summed E-state index contributed by atoms with van der Waals surface area (Å²) in [6, 6.07) is 3.84. The van der Waals surface area contributed by atoms with E-state index in [2.05, 4.69) is 13.8 Å². The summed E-state index contributed by atoms with van der Waals surface area (Å²) in [5.74, 6) is 0.499. The van der Waals surface area contributed by atoms with Crippen LogP contribution in [-0.4, -0.2) is 17.3 Å². The van der Waals surface area contributed by atoms with Gasteiger partial charge in [-0.2, -0.15) is 0 Å². The molecule has 0 radical (unpaired) electrons. The topological polar surface area (TPSA) is 55.5 Å². The fourth-order valence-electron chi connectivity index (χ4n) is 2.05. The van der Waals surface area contributed by atoms with E-state index in [9.17, 15) is 9.50 Å². The Morgan fingerprint density at radius 2 is 2.05 bits per heavy atom. The van der Waals surface area contributed by atoms with Gasteiger partial charge in [-0.25, -0.2) is 4.39 Å². The summed E-state index contributed by atoms with van der Waals surface area (Å²) in [5.41, 5.74) is 4.98. The van der Waals surface area contributed by atoms with Crippen molar-refractivity contribution in [2.75, 3.05) is 6.61 Å². The van der Waals surface area contributed by atoms with Crippen LogP contribution in [0.15, 0.2) is 18.2 Å². The Morgan fingerprint density at radius 3 is 2.55 bits per heavy atom. The third-order valence-corrected chi connectivity index (χ3v) is 3.38. The van der Waals surface area contributed by atoms with Crippen molar-refractivity contribution in [3.05, 3.63) is 29.6 Å². The number of hydrogen-bond acceptors (Lipinski definition) is 3. The molecular weight excluding hydrogens is 257 g/mol. The van der Waals surface area contributed by atoms with Crippen LogP contribution in [0.2, 0.25) is 0 Å². The van der Waals surface area contributed by atoms with Crippen molar-refractivity contribution in [2.24, 2.45) is 11.7 Å². The minimum atomic E-state index is -1.17. The second-order valence-corrected chi connectivity index (χ2v) is 6.02. The Morgan fingerprint density at radius 1 is 1.40 bits per heavy atom. The zero-order valence-electron chi connectivity index (χ0n) is 12.8. The van der Waals surface area contributed by atoms with Gasteiger partial charge in [0.25, 0.3) is 0 Å². The summed E-state index contributed by atoms with van der Waals surface area (Å²) in [5, 5.41) is 9.85. The highest BCUT2D eigenvalue weighted by Crippen LogP contribution is 2.27. The Kier molecular flexibility index (Phi) is 5.96. The number of benzene rings is 1. The van der Waals surface area contributed by atoms with Crippen LogP contribution in [0.1, 0.15) is 52.1 Å². The summed E-state index contributed by atoms with van der Waals surface area (Å²) < 4.78 is 19.6. The molecule has 20 heavy (non-hydrogen) atoms. The lowest BCUT2D eigenvalue weighted by Gasteiger charge is -2.26. The predicted octanol–water partition coefficient (Wildman–Crippen LogP) is 3.41. The van der Waals surface area contributed by atoms with Crippen LogP contribution in [0.4, 0.5) is 4.39 Å². The van der Waals surface area contributed by atoms with Gasteiger partial charge in [-0.1, -0.05) is 26.3 Å². The van der Waals surface area contributed by atoms with E-state index in [1.807, 2.05) is 0 Å². The van der Waals surface area contributed by atoms with Crippen molar-refractivity contribution in [3.63, 3.8) is 0 Å². The van der Waals surface area contributed by atoms with Crippen LogP contribution >= 0.6 is 0 Å². The second kappa shape index (κ2) is 7.04. The van der Waals surface area contributed by atoms with Crippen LogP contribution in [0, 0.1) is 11.7 Å². The molecule has 1 rings (SSSR count). The quantitative estimate of drug-likeness (QED) is 0.806. The van der Waals surface area contributed by atoms with Crippen molar-refractivity contribution in [1.82, 2.24) is 0 Å². The Labute approximate surface area is 120 Å². The molecule has 0 saturated carbocycles. The molecule has 0 saturated heterocycles. The molecule has 0 spiro atoms. The standard InChI is InChI=1S/C16H26FNO2/c1-5-6-11(2)10-20-12-7-8-13(14(17)9-12)15(18)16(3,4)19/h7-9,11,15,19H,5-6,10,18H2,1-4H3. The number of rotatable bonds is 7. The molecule has 2 unspecified atom stereocenters. The van der Waals surface area contributed by atoms with E-state index in [1.165, 1.54) is 6.07 Å². The van der Waals surface area contributed by atoms with Gasteiger partial charge >= 0.3 is 0 Å². The van der Waals surface area contributed by atoms with E-state index < -0.39 is 17.5 Å². The predicted molar refractivity (Wildman–Crippen MR) is 79.2 cm³/mol. The lowest BCUT2D eigenvalue weighted by molar-refractivity contribution is 0.0504. The molecule has 0 bridgehead atoms. The van der Waals surface area contributed by atoms with Crippen LogP contribution in [0.5, 0.6) is 5.75 Å². The molecule has 0 amide bonds. The normalized spacial score (nSPS) is 14.9. The number of hydrogen-bond donors (Lipinski definition) is 2. The van der Waals surface area contributed by atoms with Gasteiger partial charge in [0.2, 0.25) is 0 Å². The number of ether oxygens (including phenoxy) is 1. The van der Waals surface area contributed by atoms with Crippen molar-refractivity contribution >= 4 is 0 Å².